The summed E-state index contributed by atoms with van der Waals surface area (Å²) < 4.78 is 40.8. The molecule has 0 aliphatic heterocycles. The van der Waals surface area contributed by atoms with E-state index in [-0.39, 0.29) is 5.88 Å². The molecule has 1 N–H and O–H groups in total. The van der Waals surface area contributed by atoms with Crippen molar-refractivity contribution in [1.29, 1.82) is 0 Å². The predicted octanol–water partition coefficient (Wildman–Crippen LogP) is 4.13. The van der Waals surface area contributed by atoms with E-state index in [1.165, 1.54) is 12.1 Å². The lowest BCUT2D eigenvalue weighted by molar-refractivity contribution is 0.570. The molecule has 0 heterocycles. The number of anilines is 1. The first kappa shape index (κ1) is 15.3. The van der Waals surface area contributed by atoms with Crippen molar-refractivity contribution in [2.24, 2.45) is 0 Å². The minimum Gasteiger partial charge on any atom is -0.280 e. The monoisotopic (exact) mass is 377 g/mol. The molecular formula is C13H10BrClFNO2S. The van der Waals surface area contributed by atoms with Crippen molar-refractivity contribution in [2.75, 3.05) is 4.72 Å². The molecule has 0 aliphatic rings. The summed E-state index contributed by atoms with van der Waals surface area (Å²) in [4.78, 5) is -0.406. The average Bonchev–Trinajstić information content (AvgIpc) is 2.37. The van der Waals surface area contributed by atoms with Crippen LogP contribution in [-0.4, -0.2) is 8.42 Å². The van der Waals surface area contributed by atoms with Gasteiger partial charge < -0.3 is 0 Å². The second kappa shape index (κ2) is 6.11. The van der Waals surface area contributed by atoms with Crippen molar-refractivity contribution in [3.63, 3.8) is 0 Å². The Morgan fingerprint density at radius 3 is 2.60 bits per heavy atom. The molecule has 0 fully saturated rings. The Morgan fingerprint density at radius 2 is 1.95 bits per heavy atom. The van der Waals surface area contributed by atoms with Gasteiger partial charge in [0.1, 0.15) is 10.7 Å². The van der Waals surface area contributed by atoms with E-state index < -0.39 is 20.7 Å². The molecule has 0 aromatic heterocycles. The summed E-state index contributed by atoms with van der Waals surface area (Å²) >= 11 is 8.77. The number of benzene rings is 2. The lowest BCUT2D eigenvalue weighted by atomic mass is 10.2. The third kappa shape index (κ3) is 3.50. The molecule has 0 unspecified atom stereocenters. The van der Waals surface area contributed by atoms with E-state index in [4.69, 9.17) is 11.6 Å². The number of hydrogen-bond acceptors (Lipinski definition) is 2. The highest BCUT2D eigenvalue weighted by Crippen LogP contribution is 2.22. The van der Waals surface area contributed by atoms with Crippen molar-refractivity contribution in [3.8, 4) is 0 Å². The molecule has 3 nitrogen and oxygen atoms in total. The zero-order valence-corrected chi connectivity index (χ0v) is 13.3. The Hall–Kier alpha value is -1.11. The summed E-state index contributed by atoms with van der Waals surface area (Å²) in [5.41, 5.74) is 1.11. The van der Waals surface area contributed by atoms with Crippen LogP contribution in [0.3, 0.4) is 0 Å². The topological polar surface area (TPSA) is 46.2 Å². The van der Waals surface area contributed by atoms with E-state index in [0.717, 1.165) is 11.6 Å². The lowest BCUT2D eigenvalue weighted by Gasteiger charge is -2.10. The van der Waals surface area contributed by atoms with E-state index in [0.29, 0.717) is 10.2 Å². The summed E-state index contributed by atoms with van der Waals surface area (Å²) in [5, 5.41) is 0. The molecule has 0 amide bonds. The van der Waals surface area contributed by atoms with E-state index in [9.17, 15) is 12.8 Å². The summed E-state index contributed by atoms with van der Waals surface area (Å²) in [6, 6.07) is 10.4. The summed E-state index contributed by atoms with van der Waals surface area (Å²) in [5.74, 6) is -0.553. The highest BCUT2D eigenvalue weighted by molar-refractivity contribution is 9.10. The third-order valence-corrected chi connectivity index (χ3v) is 4.73. The fourth-order valence-corrected chi connectivity index (χ4v) is 3.23. The van der Waals surface area contributed by atoms with Crippen LogP contribution in [-0.2, 0) is 15.9 Å². The van der Waals surface area contributed by atoms with Gasteiger partial charge in [-0.05, 0) is 35.9 Å². The largest absolute Gasteiger partial charge is 0.280 e. The van der Waals surface area contributed by atoms with Gasteiger partial charge in [0, 0.05) is 16.0 Å². The zero-order valence-electron chi connectivity index (χ0n) is 10.1. The fourth-order valence-electron chi connectivity index (χ4n) is 1.62. The van der Waals surface area contributed by atoms with Crippen LogP contribution >= 0.6 is 27.5 Å². The van der Waals surface area contributed by atoms with E-state index in [1.54, 1.807) is 24.3 Å². The second-order valence-corrected chi connectivity index (χ2v) is 6.85. The SMILES string of the molecule is O=S(=O)(Nc1cccc(CCl)c1)c1ccc(Br)cc1F. The van der Waals surface area contributed by atoms with Gasteiger partial charge in [-0.25, -0.2) is 12.8 Å². The first-order valence-electron chi connectivity index (χ1n) is 5.55. The quantitative estimate of drug-likeness (QED) is 0.813. The van der Waals surface area contributed by atoms with Crippen molar-refractivity contribution in [3.05, 3.63) is 58.3 Å². The maximum absolute atomic E-state index is 13.7. The van der Waals surface area contributed by atoms with Crippen LogP contribution in [0.1, 0.15) is 5.56 Å². The molecular weight excluding hydrogens is 369 g/mol. The van der Waals surface area contributed by atoms with Gasteiger partial charge >= 0.3 is 0 Å². The van der Waals surface area contributed by atoms with Crippen LogP contribution in [0.4, 0.5) is 10.1 Å². The molecule has 20 heavy (non-hydrogen) atoms. The summed E-state index contributed by atoms with van der Waals surface area (Å²) in [7, 11) is -3.97. The Kier molecular flexibility index (Phi) is 4.67. The first-order valence-corrected chi connectivity index (χ1v) is 8.36. The number of alkyl halides is 1. The predicted molar refractivity (Wildman–Crippen MR) is 80.9 cm³/mol. The lowest BCUT2D eigenvalue weighted by Crippen LogP contribution is -2.14. The molecule has 0 aliphatic carbocycles. The summed E-state index contributed by atoms with van der Waals surface area (Å²) in [6.45, 7) is 0. The smallest absolute Gasteiger partial charge is 0.264 e. The molecule has 0 spiro atoms. The number of rotatable bonds is 4. The highest BCUT2D eigenvalue weighted by Gasteiger charge is 2.19. The van der Waals surface area contributed by atoms with Gasteiger partial charge in [0.25, 0.3) is 10.0 Å². The molecule has 0 bridgehead atoms. The minimum atomic E-state index is -3.97. The van der Waals surface area contributed by atoms with Crippen LogP contribution in [0.2, 0.25) is 0 Å². The molecule has 2 rings (SSSR count). The average molecular weight is 379 g/mol. The molecule has 0 saturated heterocycles. The standard InChI is InChI=1S/C13H10BrClFNO2S/c14-10-4-5-13(12(16)7-10)20(18,19)17-11-3-1-2-9(6-11)8-15/h1-7,17H,8H2. The minimum absolute atomic E-state index is 0.266. The highest BCUT2D eigenvalue weighted by atomic mass is 79.9. The number of hydrogen-bond donors (Lipinski definition) is 1. The fraction of sp³-hybridized carbons (Fsp3) is 0.0769. The van der Waals surface area contributed by atoms with E-state index in [2.05, 4.69) is 20.7 Å². The molecule has 7 heteroatoms. The van der Waals surface area contributed by atoms with Crippen molar-refractivity contribution < 1.29 is 12.8 Å². The van der Waals surface area contributed by atoms with Crippen LogP contribution in [0.15, 0.2) is 51.8 Å². The van der Waals surface area contributed by atoms with Gasteiger partial charge in [-0.1, -0.05) is 28.1 Å². The Balaban J connectivity index is 2.35. The molecule has 2 aromatic rings. The Morgan fingerprint density at radius 1 is 1.20 bits per heavy atom. The number of sulfonamides is 1. The van der Waals surface area contributed by atoms with Crippen molar-refractivity contribution >= 4 is 43.2 Å². The molecule has 0 atom stereocenters. The van der Waals surface area contributed by atoms with Crippen LogP contribution in [0.5, 0.6) is 0 Å². The summed E-state index contributed by atoms with van der Waals surface area (Å²) in [6.07, 6.45) is 0. The maximum Gasteiger partial charge on any atom is 0.264 e. The van der Waals surface area contributed by atoms with Gasteiger partial charge in [0.05, 0.1) is 0 Å². The Bertz CT molecular complexity index is 737. The van der Waals surface area contributed by atoms with Crippen LogP contribution < -0.4 is 4.72 Å². The van der Waals surface area contributed by atoms with Gasteiger partial charge in [-0.15, -0.1) is 11.6 Å². The van der Waals surface area contributed by atoms with E-state index in [1.807, 2.05) is 0 Å². The Labute approximate surface area is 130 Å². The normalized spacial score (nSPS) is 11.3. The van der Waals surface area contributed by atoms with Crippen LogP contribution in [0.25, 0.3) is 0 Å². The molecule has 0 radical (unpaired) electrons. The van der Waals surface area contributed by atoms with Gasteiger partial charge in [-0.3, -0.25) is 4.72 Å². The second-order valence-electron chi connectivity index (χ2n) is 4.01. The van der Waals surface area contributed by atoms with Gasteiger partial charge in [-0.2, -0.15) is 0 Å². The third-order valence-electron chi connectivity index (χ3n) is 2.52. The molecule has 106 valence electrons. The van der Waals surface area contributed by atoms with Crippen molar-refractivity contribution in [2.45, 2.75) is 10.8 Å². The first-order chi connectivity index (χ1) is 9.42. The van der Waals surface area contributed by atoms with Gasteiger partial charge in [0.2, 0.25) is 0 Å². The van der Waals surface area contributed by atoms with E-state index >= 15 is 0 Å². The number of halogens is 3. The molecule has 0 saturated carbocycles. The van der Waals surface area contributed by atoms with Crippen molar-refractivity contribution in [1.82, 2.24) is 0 Å². The molecule has 2 aromatic carbocycles. The van der Waals surface area contributed by atoms with Gasteiger partial charge in [0.15, 0.2) is 0 Å². The van der Waals surface area contributed by atoms with Crippen LogP contribution in [0, 0.1) is 5.82 Å². The zero-order chi connectivity index (χ0) is 14.8. The maximum atomic E-state index is 13.7. The number of nitrogens with one attached hydrogen (secondary N) is 1.